The number of unbranched alkanes of at least 4 members (excludes halogenated alkanes) is 1. The minimum absolute atomic E-state index is 0.702. The molecule has 1 aliphatic rings. The normalized spacial score (nSPS) is 17.7. The summed E-state index contributed by atoms with van der Waals surface area (Å²) in [6.07, 6.45) is 5.76. The second-order valence-corrected chi connectivity index (χ2v) is 5.82. The molecule has 20 heavy (non-hydrogen) atoms. The summed E-state index contributed by atoms with van der Waals surface area (Å²) >= 11 is 0. The molecule has 1 saturated carbocycles. The molecule has 3 heteroatoms. The summed E-state index contributed by atoms with van der Waals surface area (Å²) in [5, 5.41) is 9.49. The van der Waals surface area contributed by atoms with Crippen molar-refractivity contribution in [2.75, 3.05) is 13.1 Å². The Morgan fingerprint density at radius 2 is 2.00 bits per heavy atom. The number of hydrogen-bond acceptors (Lipinski definition) is 3. The minimum Gasteiger partial charge on any atom is -0.310 e. The third-order valence-electron chi connectivity index (χ3n) is 4.14. The number of hydrogen-bond donors (Lipinski definition) is 1. The van der Waals surface area contributed by atoms with Crippen LogP contribution in [0.15, 0.2) is 30.3 Å². The Morgan fingerprint density at radius 1 is 1.30 bits per heavy atom. The van der Waals surface area contributed by atoms with E-state index in [0.717, 1.165) is 24.7 Å². The van der Waals surface area contributed by atoms with Gasteiger partial charge in [-0.1, -0.05) is 43.7 Å². The van der Waals surface area contributed by atoms with Gasteiger partial charge < -0.3 is 10.6 Å². The third kappa shape index (κ3) is 3.82. The van der Waals surface area contributed by atoms with E-state index in [-0.39, 0.29) is 0 Å². The Labute approximate surface area is 122 Å². The maximum atomic E-state index is 9.49. The van der Waals surface area contributed by atoms with Gasteiger partial charge in [0.05, 0.1) is 6.07 Å². The second-order valence-electron chi connectivity index (χ2n) is 5.82. The van der Waals surface area contributed by atoms with Gasteiger partial charge in [0, 0.05) is 12.6 Å². The van der Waals surface area contributed by atoms with E-state index in [1.165, 1.54) is 25.7 Å². The maximum absolute atomic E-state index is 9.49. The van der Waals surface area contributed by atoms with Gasteiger partial charge in [0.15, 0.2) is 0 Å². The van der Waals surface area contributed by atoms with E-state index in [4.69, 9.17) is 5.73 Å². The molecule has 0 spiro atoms. The molecule has 0 saturated heterocycles. The van der Waals surface area contributed by atoms with Gasteiger partial charge in [-0.25, -0.2) is 0 Å². The molecule has 1 atom stereocenters. The van der Waals surface area contributed by atoms with E-state index in [0.29, 0.717) is 6.42 Å². The third-order valence-corrected chi connectivity index (χ3v) is 4.14. The zero-order valence-corrected chi connectivity index (χ0v) is 12.4. The topological polar surface area (TPSA) is 53.0 Å². The van der Waals surface area contributed by atoms with Crippen molar-refractivity contribution < 1.29 is 0 Å². The van der Waals surface area contributed by atoms with Crippen LogP contribution in [0.25, 0.3) is 0 Å². The first-order chi connectivity index (χ1) is 9.69. The Balaban J connectivity index is 1.97. The van der Waals surface area contributed by atoms with E-state index in [9.17, 15) is 5.26 Å². The van der Waals surface area contributed by atoms with E-state index in [2.05, 4.69) is 17.9 Å². The van der Waals surface area contributed by atoms with Crippen LogP contribution in [0.1, 0.15) is 44.6 Å². The average Bonchev–Trinajstić information content (AvgIpc) is 3.32. The zero-order chi connectivity index (χ0) is 14.4. The second kappa shape index (κ2) is 6.88. The lowest BCUT2D eigenvalue weighted by atomic mass is 9.89. The molecular formula is C17H25N3. The van der Waals surface area contributed by atoms with Gasteiger partial charge in [0.1, 0.15) is 5.54 Å². The monoisotopic (exact) mass is 271 g/mol. The first-order valence-electron chi connectivity index (χ1n) is 7.69. The predicted molar refractivity (Wildman–Crippen MR) is 82.0 cm³/mol. The van der Waals surface area contributed by atoms with E-state index in [1.54, 1.807) is 0 Å². The van der Waals surface area contributed by atoms with Crippen molar-refractivity contribution in [3.05, 3.63) is 35.9 Å². The molecule has 0 amide bonds. The highest BCUT2D eigenvalue weighted by Crippen LogP contribution is 2.29. The van der Waals surface area contributed by atoms with E-state index in [1.807, 2.05) is 30.3 Å². The first-order valence-corrected chi connectivity index (χ1v) is 7.69. The van der Waals surface area contributed by atoms with Gasteiger partial charge in [0.25, 0.3) is 0 Å². The highest BCUT2D eigenvalue weighted by Gasteiger charge is 2.32. The summed E-state index contributed by atoms with van der Waals surface area (Å²) in [7, 11) is 0. The van der Waals surface area contributed by atoms with Crippen molar-refractivity contribution >= 4 is 0 Å². The van der Waals surface area contributed by atoms with Gasteiger partial charge in [-0.05, 0) is 37.8 Å². The summed E-state index contributed by atoms with van der Waals surface area (Å²) in [5.74, 6) is 0. The number of rotatable bonds is 8. The molecule has 0 aliphatic heterocycles. The highest BCUT2D eigenvalue weighted by atomic mass is 15.2. The van der Waals surface area contributed by atoms with Crippen LogP contribution < -0.4 is 5.73 Å². The molecule has 1 fully saturated rings. The molecule has 0 heterocycles. The zero-order valence-electron chi connectivity index (χ0n) is 12.4. The SMILES string of the molecule is CCCCN(CCC(N)(C#N)c1ccccc1)C1CC1. The number of nitrogens with two attached hydrogens (primary N) is 1. The van der Waals surface area contributed by atoms with Crippen molar-refractivity contribution in [2.24, 2.45) is 5.73 Å². The number of benzene rings is 1. The fourth-order valence-electron chi connectivity index (χ4n) is 2.60. The van der Waals surface area contributed by atoms with Crippen molar-refractivity contribution in [1.29, 1.82) is 5.26 Å². The van der Waals surface area contributed by atoms with Crippen molar-refractivity contribution in [2.45, 2.75) is 50.6 Å². The molecule has 0 radical (unpaired) electrons. The molecule has 1 aromatic rings. The van der Waals surface area contributed by atoms with E-state index < -0.39 is 5.54 Å². The average molecular weight is 271 g/mol. The van der Waals surface area contributed by atoms with Crippen molar-refractivity contribution in [3.63, 3.8) is 0 Å². The van der Waals surface area contributed by atoms with Crippen LogP contribution in [-0.2, 0) is 5.54 Å². The van der Waals surface area contributed by atoms with Gasteiger partial charge in [-0.15, -0.1) is 0 Å². The largest absolute Gasteiger partial charge is 0.310 e. The van der Waals surface area contributed by atoms with Crippen LogP contribution in [0.3, 0.4) is 0 Å². The Morgan fingerprint density at radius 3 is 2.55 bits per heavy atom. The molecule has 0 bridgehead atoms. The Hall–Kier alpha value is -1.37. The summed E-state index contributed by atoms with van der Waals surface area (Å²) in [5.41, 5.74) is 6.39. The number of nitrogens with zero attached hydrogens (tertiary/aromatic N) is 2. The standard InChI is InChI=1S/C17H25N3/c1-2-3-12-20(16-9-10-16)13-11-17(19,14-18)15-7-5-4-6-8-15/h4-8,16H,2-3,9-13,19H2,1H3. The molecular weight excluding hydrogens is 246 g/mol. The van der Waals surface area contributed by atoms with Crippen LogP contribution in [0, 0.1) is 11.3 Å². The van der Waals surface area contributed by atoms with Crippen molar-refractivity contribution in [1.82, 2.24) is 4.90 Å². The molecule has 1 aliphatic carbocycles. The smallest absolute Gasteiger partial charge is 0.131 e. The molecule has 0 aromatic heterocycles. The van der Waals surface area contributed by atoms with Gasteiger partial charge in [-0.3, -0.25) is 0 Å². The summed E-state index contributed by atoms with van der Waals surface area (Å²) in [6.45, 7) is 4.28. The maximum Gasteiger partial charge on any atom is 0.131 e. The molecule has 2 N–H and O–H groups in total. The summed E-state index contributed by atoms with van der Waals surface area (Å²) < 4.78 is 0. The predicted octanol–water partition coefficient (Wildman–Crippen LogP) is 3.02. The molecule has 1 aromatic carbocycles. The molecule has 2 rings (SSSR count). The van der Waals surface area contributed by atoms with Crippen molar-refractivity contribution in [3.8, 4) is 6.07 Å². The van der Waals surface area contributed by atoms with Crippen LogP contribution in [-0.4, -0.2) is 24.0 Å². The number of nitriles is 1. The first kappa shape index (κ1) is 15.0. The molecule has 1 unspecified atom stereocenters. The van der Waals surface area contributed by atoms with Gasteiger partial charge >= 0.3 is 0 Å². The minimum atomic E-state index is -0.861. The molecule has 108 valence electrons. The fourth-order valence-corrected chi connectivity index (χ4v) is 2.60. The fraction of sp³-hybridized carbons (Fsp3) is 0.588. The van der Waals surface area contributed by atoms with Gasteiger partial charge in [-0.2, -0.15) is 5.26 Å². The van der Waals surface area contributed by atoms with Gasteiger partial charge in [0.2, 0.25) is 0 Å². The Bertz CT molecular complexity index is 447. The highest BCUT2D eigenvalue weighted by molar-refractivity contribution is 5.30. The van der Waals surface area contributed by atoms with E-state index >= 15 is 0 Å². The van der Waals surface area contributed by atoms with Crippen LogP contribution in [0.5, 0.6) is 0 Å². The van der Waals surface area contributed by atoms with Crippen LogP contribution >= 0.6 is 0 Å². The van der Waals surface area contributed by atoms with Crippen LogP contribution in [0.4, 0.5) is 0 Å². The lowest BCUT2D eigenvalue weighted by Gasteiger charge is -2.27. The Kier molecular flexibility index (Phi) is 5.17. The lowest BCUT2D eigenvalue weighted by Crippen LogP contribution is -2.40. The van der Waals surface area contributed by atoms with Crippen LogP contribution in [0.2, 0.25) is 0 Å². The summed E-state index contributed by atoms with van der Waals surface area (Å²) in [6, 6.07) is 12.8. The summed E-state index contributed by atoms with van der Waals surface area (Å²) in [4.78, 5) is 2.52. The quantitative estimate of drug-likeness (QED) is 0.790. The lowest BCUT2D eigenvalue weighted by molar-refractivity contribution is 0.239. The molecule has 3 nitrogen and oxygen atoms in total.